The summed E-state index contributed by atoms with van der Waals surface area (Å²) in [5.74, 6) is 0. The summed E-state index contributed by atoms with van der Waals surface area (Å²) in [4.78, 5) is 0. The van der Waals surface area contributed by atoms with Crippen molar-refractivity contribution in [3.63, 3.8) is 0 Å². The van der Waals surface area contributed by atoms with Crippen molar-refractivity contribution in [3.8, 4) is 0 Å². The summed E-state index contributed by atoms with van der Waals surface area (Å²) in [5.41, 5.74) is 0. The Bertz CT molecular complexity index is 252. The number of unbranched alkanes of at least 4 members (excludes halogenated alkanes) is 2. The molecule has 4 nitrogen and oxygen atoms in total. The molecule has 16 heavy (non-hydrogen) atoms. The van der Waals surface area contributed by atoms with E-state index in [9.17, 15) is 13.0 Å². The van der Waals surface area contributed by atoms with E-state index in [1.54, 1.807) is 6.92 Å². The standard InChI is InChI=1S/C10H22O4S.Na/c1-3-4-5-6-10(15(12,13)14)8-7-9(2)11;/h9-11H,3-8H2,1-2H3,(H,12,13,14);/q;+1/p-1. The summed E-state index contributed by atoms with van der Waals surface area (Å²) < 4.78 is 32.7. The zero-order valence-corrected chi connectivity index (χ0v) is 13.3. The Labute approximate surface area is 121 Å². The average molecular weight is 260 g/mol. The predicted octanol–water partition coefficient (Wildman–Crippen LogP) is -1.35. The SMILES string of the molecule is CCCCCC(CCC(C)O)S(=O)(=O)[O-].[Na+]. The molecule has 1 N–H and O–H groups in total. The molecule has 0 aromatic carbocycles. The summed E-state index contributed by atoms with van der Waals surface area (Å²) in [6.45, 7) is 3.62. The minimum atomic E-state index is -4.20. The van der Waals surface area contributed by atoms with Gasteiger partial charge in [0.05, 0.1) is 16.2 Å². The Kier molecular flexibility index (Phi) is 11.8. The van der Waals surface area contributed by atoms with E-state index in [0.717, 1.165) is 19.3 Å². The minimum absolute atomic E-state index is 0. The maximum Gasteiger partial charge on any atom is 1.00 e. The normalized spacial score (nSPS) is 15.2. The summed E-state index contributed by atoms with van der Waals surface area (Å²) in [6.07, 6.45) is 3.24. The zero-order chi connectivity index (χ0) is 11.9. The van der Waals surface area contributed by atoms with Gasteiger partial charge >= 0.3 is 29.6 Å². The Balaban J connectivity index is 0. The topological polar surface area (TPSA) is 77.4 Å². The summed E-state index contributed by atoms with van der Waals surface area (Å²) in [5, 5.41) is 8.22. The van der Waals surface area contributed by atoms with Gasteiger partial charge in [-0.3, -0.25) is 0 Å². The summed E-state index contributed by atoms with van der Waals surface area (Å²) in [6, 6.07) is 0. The molecule has 0 aromatic rings. The molecule has 0 radical (unpaired) electrons. The van der Waals surface area contributed by atoms with Crippen molar-refractivity contribution < 1.29 is 47.6 Å². The fourth-order valence-electron chi connectivity index (χ4n) is 1.48. The first-order valence-electron chi connectivity index (χ1n) is 5.50. The molecule has 0 bridgehead atoms. The molecule has 0 aliphatic carbocycles. The number of hydrogen-bond donors (Lipinski definition) is 1. The Morgan fingerprint density at radius 2 is 1.75 bits per heavy atom. The largest absolute Gasteiger partial charge is 1.00 e. The Hall–Kier alpha value is 0.870. The number of rotatable bonds is 8. The molecule has 0 spiro atoms. The molecule has 0 aliphatic rings. The van der Waals surface area contributed by atoms with Crippen LogP contribution in [0.2, 0.25) is 0 Å². The quantitative estimate of drug-likeness (QED) is 0.332. The number of aliphatic hydroxyl groups is 1. The molecule has 0 saturated heterocycles. The van der Waals surface area contributed by atoms with Gasteiger partial charge < -0.3 is 9.66 Å². The second kappa shape index (κ2) is 9.85. The van der Waals surface area contributed by atoms with E-state index < -0.39 is 21.5 Å². The molecule has 0 fully saturated rings. The maximum atomic E-state index is 10.9. The van der Waals surface area contributed by atoms with Gasteiger partial charge in [0.25, 0.3) is 0 Å². The van der Waals surface area contributed by atoms with E-state index in [0.29, 0.717) is 12.8 Å². The van der Waals surface area contributed by atoms with Crippen LogP contribution in [-0.4, -0.2) is 29.4 Å². The van der Waals surface area contributed by atoms with Gasteiger partial charge in [-0.15, -0.1) is 0 Å². The van der Waals surface area contributed by atoms with Crippen LogP contribution in [-0.2, 0) is 10.1 Å². The molecule has 0 heterocycles. The van der Waals surface area contributed by atoms with Crippen LogP contribution in [0.1, 0.15) is 52.4 Å². The van der Waals surface area contributed by atoms with Crippen molar-refractivity contribution in [2.45, 2.75) is 63.7 Å². The number of aliphatic hydroxyl groups excluding tert-OH is 1. The zero-order valence-electron chi connectivity index (χ0n) is 10.5. The van der Waals surface area contributed by atoms with E-state index in [1.807, 2.05) is 6.92 Å². The van der Waals surface area contributed by atoms with Gasteiger partial charge in [0, 0.05) is 5.25 Å². The van der Waals surface area contributed by atoms with Crippen LogP contribution in [0.15, 0.2) is 0 Å². The number of hydrogen-bond acceptors (Lipinski definition) is 4. The van der Waals surface area contributed by atoms with Crippen LogP contribution in [0, 0.1) is 0 Å². The molecule has 0 amide bonds. The van der Waals surface area contributed by atoms with E-state index in [1.165, 1.54) is 0 Å². The van der Waals surface area contributed by atoms with Gasteiger partial charge in [-0.25, -0.2) is 8.42 Å². The van der Waals surface area contributed by atoms with Crippen molar-refractivity contribution in [2.24, 2.45) is 0 Å². The predicted molar refractivity (Wildman–Crippen MR) is 58.5 cm³/mol. The smallest absolute Gasteiger partial charge is 0.748 e. The fraction of sp³-hybridized carbons (Fsp3) is 1.00. The third kappa shape index (κ3) is 10.1. The summed E-state index contributed by atoms with van der Waals surface area (Å²) >= 11 is 0. The molecular weight excluding hydrogens is 239 g/mol. The van der Waals surface area contributed by atoms with Gasteiger partial charge in [0.1, 0.15) is 0 Å². The van der Waals surface area contributed by atoms with Crippen molar-refractivity contribution in [3.05, 3.63) is 0 Å². The van der Waals surface area contributed by atoms with Crippen LogP contribution >= 0.6 is 0 Å². The van der Waals surface area contributed by atoms with Gasteiger partial charge in [-0.2, -0.15) is 0 Å². The monoisotopic (exact) mass is 260 g/mol. The van der Waals surface area contributed by atoms with Crippen LogP contribution in [0.25, 0.3) is 0 Å². The third-order valence-corrected chi connectivity index (χ3v) is 3.73. The van der Waals surface area contributed by atoms with Crippen LogP contribution in [0.3, 0.4) is 0 Å². The van der Waals surface area contributed by atoms with E-state index in [-0.39, 0.29) is 36.0 Å². The second-order valence-corrected chi connectivity index (χ2v) is 5.69. The van der Waals surface area contributed by atoms with Gasteiger partial charge in [0.15, 0.2) is 0 Å². The minimum Gasteiger partial charge on any atom is -0.748 e. The maximum absolute atomic E-state index is 10.9. The fourth-order valence-corrected chi connectivity index (χ4v) is 2.36. The van der Waals surface area contributed by atoms with Crippen LogP contribution in [0.5, 0.6) is 0 Å². The molecule has 0 saturated carbocycles. The molecule has 0 rings (SSSR count). The first-order valence-corrected chi connectivity index (χ1v) is 6.97. The van der Waals surface area contributed by atoms with Crippen molar-refractivity contribution in [2.75, 3.05) is 0 Å². The van der Waals surface area contributed by atoms with Crippen molar-refractivity contribution in [1.82, 2.24) is 0 Å². The van der Waals surface area contributed by atoms with E-state index >= 15 is 0 Å². The van der Waals surface area contributed by atoms with Crippen LogP contribution < -0.4 is 29.6 Å². The van der Waals surface area contributed by atoms with E-state index in [4.69, 9.17) is 5.11 Å². The first-order chi connectivity index (χ1) is 6.88. The molecule has 0 aliphatic heterocycles. The van der Waals surface area contributed by atoms with Crippen LogP contribution in [0.4, 0.5) is 0 Å². The van der Waals surface area contributed by atoms with Gasteiger partial charge in [-0.05, 0) is 26.2 Å². The molecule has 0 aromatic heterocycles. The second-order valence-electron chi connectivity index (χ2n) is 4.04. The Morgan fingerprint density at radius 3 is 2.12 bits per heavy atom. The molecular formula is C10H21NaO4S. The van der Waals surface area contributed by atoms with Gasteiger partial charge in [0.2, 0.25) is 0 Å². The molecule has 2 atom stereocenters. The van der Waals surface area contributed by atoms with Gasteiger partial charge in [-0.1, -0.05) is 26.2 Å². The molecule has 6 heteroatoms. The molecule has 92 valence electrons. The van der Waals surface area contributed by atoms with Crippen molar-refractivity contribution in [1.29, 1.82) is 0 Å². The average Bonchev–Trinajstić information content (AvgIpc) is 2.08. The third-order valence-electron chi connectivity index (χ3n) is 2.44. The molecule has 2 unspecified atom stereocenters. The Morgan fingerprint density at radius 1 is 1.19 bits per heavy atom. The van der Waals surface area contributed by atoms with E-state index in [2.05, 4.69) is 0 Å². The summed E-state index contributed by atoms with van der Waals surface area (Å²) in [7, 11) is -4.20. The van der Waals surface area contributed by atoms with Crippen molar-refractivity contribution >= 4 is 10.1 Å². The first kappa shape index (κ1) is 19.2.